The Labute approximate surface area is 118 Å². The number of aromatic nitrogens is 4. The van der Waals surface area contributed by atoms with Gasteiger partial charge >= 0.3 is 0 Å². The third kappa shape index (κ3) is 2.92. The largest absolute Gasteiger partial charge is 0.258 e. The van der Waals surface area contributed by atoms with Crippen LogP contribution in [0.3, 0.4) is 0 Å². The van der Waals surface area contributed by atoms with Crippen LogP contribution in [0, 0.1) is 0 Å². The Kier molecular flexibility index (Phi) is 3.87. The Balaban J connectivity index is 2.32. The standard InChI is InChI=1S/C11H17ClN4O2S/c1-11(2,3)9-8(12)10-14-13-7(16(10)15-9)5-4-6-19(17)18/h14,19H,4-6H2,1-3H3. The van der Waals surface area contributed by atoms with Crippen molar-refractivity contribution in [2.75, 3.05) is 5.75 Å². The third-order valence-electron chi connectivity index (χ3n) is 2.81. The molecule has 0 saturated carbocycles. The van der Waals surface area contributed by atoms with E-state index in [4.69, 9.17) is 11.6 Å². The quantitative estimate of drug-likeness (QED) is 0.840. The normalized spacial score (nSPS) is 12.7. The Morgan fingerprint density at radius 3 is 2.63 bits per heavy atom. The fourth-order valence-electron chi connectivity index (χ4n) is 1.85. The van der Waals surface area contributed by atoms with Crippen LogP contribution in [0.1, 0.15) is 38.7 Å². The van der Waals surface area contributed by atoms with Crippen molar-refractivity contribution in [3.8, 4) is 0 Å². The first-order valence-electron chi connectivity index (χ1n) is 6.04. The van der Waals surface area contributed by atoms with Gasteiger partial charge < -0.3 is 0 Å². The Morgan fingerprint density at radius 1 is 1.37 bits per heavy atom. The van der Waals surface area contributed by atoms with Gasteiger partial charge in [-0.1, -0.05) is 32.4 Å². The number of hydrogen-bond acceptors (Lipinski definition) is 4. The lowest BCUT2D eigenvalue weighted by atomic mass is 9.92. The number of thiol groups is 1. The molecule has 0 fully saturated rings. The van der Waals surface area contributed by atoms with Crippen molar-refractivity contribution in [3.05, 3.63) is 16.5 Å². The van der Waals surface area contributed by atoms with Gasteiger partial charge in [0.2, 0.25) is 0 Å². The molecule has 19 heavy (non-hydrogen) atoms. The predicted molar refractivity (Wildman–Crippen MR) is 74.6 cm³/mol. The molecule has 0 unspecified atom stereocenters. The molecule has 2 heterocycles. The zero-order valence-corrected chi connectivity index (χ0v) is 12.8. The summed E-state index contributed by atoms with van der Waals surface area (Å²) in [6.07, 6.45) is 1.08. The maximum absolute atomic E-state index is 10.5. The first-order valence-corrected chi connectivity index (χ1v) is 7.78. The van der Waals surface area contributed by atoms with Crippen LogP contribution in [-0.4, -0.2) is 34.0 Å². The topological polar surface area (TPSA) is 80.1 Å². The van der Waals surface area contributed by atoms with Gasteiger partial charge in [-0.2, -0.15) is 14.7 Å². The van der Waals surface area contributed by atoms with Gasteiger partial charge in [-0.3, -0.25) is 5.10 Å². The highest BCUT2D eigenvalue weighted by Gasteiger charge is 2.25. The summed E-state index contributed by atoms with van der Waals surface area (Å²) < 4.78 is 22.8. The van der Waals surface area contributed by atoms with Gasteiger partial charge in [-0.05, 0) is 6.42 Å². The van der Waals surface area contributed by atoms with E-state index >= 15 is 0 Å². The maximum atomic E-state index is 10.5. The molecule has 0 radical (unpaired) electrons. The van der Waals surface area contributed by atoms with Crippen LogP contribution in [-0.2, 0) is 22.5 Å². The fourth-order valence-corrected chi connectivity index (χ4v) is 2.71. The Morgan fingerprint density at radius 2 is 2.05 bits per heavy atom. The summed E-state index contributed by atoms with van der Waals surface area (Å²) in [4.78, 5) is 0. The number of hydrogen-bond donors (Lipinski definition) is 2. The summed E-state index contributed by atoms with van der Waals surface area (Å²) in [5.74, 6) is 0.856. The molecule has 1 N–H and O–H groups in total. The molecule has 2 rings (SSSR count). The van der Waals surface area contributed by atoms with Gasteiger partial charge in [0.1, 0.15) is 15.7 Å². The molecular formula is C11H17ClN4O2S. The van der Waals surface area contributed by atoms with E-state index in [1.165, 1.54) is 0 Å². The van der Waals surface area contributed by atoms with Crippen LogP contribution in [0.4, 0.5) is 0 Å². The summed E-state index contributed by atoms with van der Waals surface area (Å²) >= 11 is 6.29. The molecule has 0 amide bonds. The van der Waals surface area contributed by atoms with E-state index in [-0.39, 0.29) is 11.2 Å². The van der Waals surface area contributed by atoms with Crippen LogP contribution < -0.4 is 0 Å². The molecule has 0 spiro atoms. The van der Waals surface area contributed by atoms with Gasteiger partial charge in [0.15, 0.2) is 11.5 Å². The molecule has 2 aromatic heterocycles. The molecular weight excluding hydrogens is 288 g/mol. The number of aryl methyl sites for hydroxylation is 1. The van der Waals surface area contributed by atoms with Crippen LogP contribution in [0.5, 0.6) is 0 Å². The Bertz CT molecular complexity index is 658. The molecule has 2 aromatic rings. The van der Waals surface area contributed by atoms with E-state index in [0.717, 1.165) is 5.69 Å². The van der Waals surface area contributed by atoms with E-state index in [9.17, 15) is 8.42 Å². The molecule has 0 atom stereocenters. The summed E-state index contributed by atoms with van der Waals surface area (Å²) in [5.41, 5.74) is 1.31. The fraction of sp³-hybridized carbons (Fsp3) is 0.636. The monoisotopic (exact) mass is 304 g/mol. The summed E-state index contributed by atoms with van der Waals surface area (Å²) in [5, 5.41) is 12.0. The number of H-pyrrole nitrogens is 1. The second-order valence-electron chi connectivity index (χ2n) is 5.47. The smallest absolute Gasteiger partial charge is 0.170 e. The molecule has 0 aliphatic heterocycles. The number of nitrogens with zero attached hydrogens (tertiary/aromatic N) is 3. The summed E-state index contributed by atoms with van der Waals surface area (Å²) in [6, 6.07) is 0. The number of aromatic amines is 1. The lowest BCUT2D eigenvalue weighted by molar-refractivity contribution is 0.560. The first-order chi connectivity index (χ1) is 8.80. The molecule has 0 aromatic carbocycles. The highest BCUT2D eigenvalue weighted by Crippen LogP contribution is 2.31. The van der Waals surface area contributed by atoms with Crippen molar-refractivity contribution in [1.82, 2.24) is 19.8 Å². The molecule has 0 aliphatic carbocycles. The van der Waals surface area contributed by atoms with E-state index in [1.807, 2.05) is 20.8 Å². The summed E-state index contributed by atoms with van der Waals surface area (Å²) in [7, 11) is -2.34. The van der Waals surface area contributed by atoms with E-state index < -0.39 is 10.7 Å². The lowest BCUT2D eigenvalue weighted by Crippen LogP contribution is -2.13. The highest BCUT2D eigenvalue weighted by atomic mass is 35.5. The minimum atomic E-state index is -2.34. The average molecular weight is 305 g/mol. The molecule has 0 aliphatic rings. The number of halogens is 1. The molecule has 0 bridgehead atoms. The minimum absolute atomic E-state index is 0.153. The molecule has 0 saturated heterocycles. The minimum Gasteiger partial charge on any atom is -0.258 e. The predicted octanol–water partition coefficient (Wildman–Crippen LogP) is 1.55. The highest BCUT2D eigenvalue weighted by molar-refractivity contribution is 7.72. The second-order valence-corrected chi connectivity index (χ2v) is 6.96. The van der Waals surface area contributed by atoms with Gasteiger partial charge in [0.05, 0.1) is 5.69 Å². The van der Waals surface area contributed by atoms with Gasteiger partial charge in [-0.15, -0.1) is 0 Å². The van der Waals surface area contributed by atoms with Crippen molar-refractivity contribution < 1.29 is 8.42 Å². The molecule has 6 nitrogen and oxygen atoms in total. The van der Waals surface area contributed by atoms with E-state index in [0.29, 0.717) is 29.3 Å². The van der Waals surface area contributed by atoms with E-state index in [2.05, 4.69) is 15.3 Å². The lowest BCUT2D eigenvalue weighted by Gasteiger charge is -2.14. The van der Waals surface area contributed by atoms with Crippen LogP contribution in [0.15, 0.2) is 0 Å². The van der Waals surface area contributed by atoms with Gasteiger partial charge in [0.25, 0.3) is 0 Å². The number of nitrogens with one attached hydrogen (secondary N) is 1. The summed E-state index contributed by atoms with van der Waals surface area (Å²) in [6.45, 7) is 6.11. The third-order valence-corrected chi connectivity index (χ3v) is 3.85. The van der Waals surface area contributed by atoms with Crippen molar-refractivity contribution in [3.63, 3.8) is 0 Å². The van der Waals surface area contributed by atoms with Crippen LogP contribution in [0.25, 0.3) is 5.65 Å². The zero-order valence-electron chi connectivity index (χ0n) is 11.1. The number of fused-ring (bicyclic) bond motifs is 1. The second kappa shape index (κ2) is 5.13. The van der Waals surface area contributed by atoms with Crippen molar-refractivity contribution in [2.45, 2.75) is 39.0 Å². The van der Waals surface area contributed by atoms with Crippen LogP contribution in [0.2, 0.25) is 5.02 Å². The van der Waals surface area contributed by atoms with Gasteiger partial charge in [0, 0.05) is 17.6 Å². The van der Waals surface area contributed by atoms with Crippen LogP contribution >= 0.6 is 11.6 Å². The zero-order chi connectivity index (χ0) is 14.2. The van der Waals surface area contributed by atoms with Crippen molar-refractivity contribution in [1.29, 1.82) is 0 Å². The molecule has 8 heteroatoms. The van der Waals surface area contributed by atoms with E-state index in [1.54, 1.807) is 4.52 Å². The maximum Gasteiger partial charge on any atom is 0.170 e. The average Bonchev–Trinajstić information content (AvgIpc) is 2.79. The Hall–Kier alpha value is -1.08. The van der Waals surface area contributed by atoms with Crippen molar-refractivity contribution >= 4 is 28.0 Å². The van der Waals surface area contributed by atoms with Crippen molar-refractivity contribution in [2.24, 2.45) is 0 Å². The SMILES string of the molecule is CC(C)(C)c1nn2c(CCC[SH](=O)=O)n[nH]c2c1Cl. The molecule has 106 valence electrons. The number of rotatable bonds is 4. The van der Waals surface area contributed by atoms with Gasteiger partial charge in [-0.25, -0.2) is 8.42 Å². The first kappa shape index (κ1) is 14.3.